The second kappa shape index (κ2) is 7.30. The summed E-state index contributed by atoms with van der Waals surface area (Å²) >= 11 is 3.88. The summed E-state index contributed by atoms with van der Waals surface area (Å²) in [7, 11) is -1.15. The Labute approximate surface area is 122 Å². The predicted molar refractivity (Wildman–Crippen MR) is 83.8 cm³/mol. The number of carbonyl (C=O) groups excluding carboxylic acids is 1. The van der Waals surface area contributed by atoms with Crippen molar-refractivity contribution < 1.29 is 14.3 Å². The van der Waals surface area contributed by atoms with Crippen LogP contribution in [0.3, 0.4) is 0 Å². The van der Waals surface area contributed by atoms with Crippen LogP contribution < -0.4 is 0 Å². The third-order valence-corrected chi connectivity index (χ3v) is 4.03. The minimum atomic E-state index is -1.15. The number of nitrogens with zero attached hydrogens (tertiary/aromatic N) is 1. The lowest BCUT2D eigenvalue weighted by molar-refractivity contribution is 0.0112. The molecule has 0 aromatic heterocycles. The molecule has 7 heteroatoms. The topological polar surface area (TPSA) is 62.6 Å². The normalized spacial score (nSPS) is 12.2. The average molecular weight is 307 g/mol. The lowest BCUT2D eigenvalue weighted by Gasteiger charge is -2.26. The largest absolute Gasteiger partial charge is 0.443 e. The molecular weight excluding hydrogens is 280 g/mol. The van der Waals surface area contributed by atoms with Crippen molar-refractivity contribution >= 4 is 32.0 Å². The van der Waals surface area contributed by atoms with Crippen LogP contribution in [0, 0.1) is 5.41 Å². The molecule has 0 radical (unpaired) electrons. The van der Waals surface area contributed by atoms with E-state index >= 15 is 0 Å². The van der Waals surface area contributed by atoms with Crippen LogP contribution in [0.2, 0.25) is 25.7 Å². The quantitative estimate of drug-likeness (QED) is 0.204. The van der Waals surface area contributed by atoms with E-state index in [0.29, 0.717) is 6.61 Å². The van der Waals surface area contributed by atoms with Gasteiger partial charge in [0.15, 0.2) is 5.17 Å². The van der Waals surface area contributed by atoms with E-state index < -0.39 is 19.8 Å². The van der Waals surface area contributed by atoms with Crippen LogP contribution in [-0.2, 0) is 9.47 Å². The van der Waals surface area contributed by atoms with Gasteiger partial charge in [-0.15, -0.1) is 12.6 Å². The SMILES string of the molecule is CC(C)(C)OC(=O)N(COCC[Si](C)(C)C)C(=N)S. The predicted octanol–water partition coefficient (Wildman–Crippen LogP) is 3.40. The minimum absolute atomic E-state index is 0.00171. The van der Waals surface area contributed by atoms with Crippen LogP contribution in [0.4, 0.5) is 4.79 Å². The second-order valence-electron chi connectivity index (χ2n) is 6.58. The van der Waals surface area contributed by atoms with Crippen molar-refractivity contribution in [1.29, 1.82) is 5.41 Å². The molecule has 0 aliphatic heterocycles. The molecule has 0 fully saturated rings. The molecule has 19 heavy (non-hydrogen) atoms. The first kappa shape index (κ1) is 18.5. The summed E-state index contributed by atoms with van der Waals surface area (Å²) in [6, 6.07) is 1.01. The average Bonchev–Trinajstić information content (AvgIpc) is 2.11. The first-order valence-electron chi connectivity index (χ1n) is 6.28. The molecule has 1 amide bonds. The molecular formula is C12H26N2O3SSi. The third-order valence-electron chi connectivity index (χ3n) is 2.09. The summed E-state index contributed by atoms with van der Waals surface area (Å²) in [5.41, 5.74) is -0.600. The zero-order chi connectivity index (χ0) is 15.3. The molecule has 0 aliphatic rings. The van der Waals surface area contributed by atoms with Crippen molar-refractivity contribution in [3.63, 3.8) is 0 Å². The Morgan fingerprint density at radius 3 is 2.21 bits per heavy atom. The molecule has 112 valence electrons. The molecule has 0 aliphatic carbocycles. The van der Waals surface area contributed by atoms with Crippen LogP contribution in [-0.4, -0.2) is 43.2 Å². The van der Waals surface area contributed by atoms with Crippen molar-refractivity contribution in [2.75, 3.05) is 13.3 Å². The fraction of sp³-hybridized carbons (Fsp3) is 0.833. The van der Waals surface area contributed by atoms with Crippen molar-refractivity contribution in [3.8, 4) is 0 Å². The number of nitrogens with one attached hydrogen (secondary N) is 1. The van der Waals surface area contributed by atoms with Gasteiger partial charge in [-0.2, -0.15) is 0 Å². The number of rotatable bonds is 5. The van der Waals surface area contributed by atoms with E-state index in [4.69, 9.17) is 14.9 Å². The summed E-state index contributed by atoms with van der Waals surface area (Å²) in [6.07, 6.45) is -0.611. The highest BCUT2D eigenvalue weighted by Gasteiger charge is 2.24. The van der Waals surface area contributed by atoms with Gasteiger partial charge in [0.25, 0.3) is 0 Å². The van der Waals surface area contributed by atoms with Gasteiger partial charge in [-0.05, 0) is 26.8 Å². The molecule has 1 N–H and O–H groups in total. The van der Waals surface area contributed by atoms with E-state index in [0.717, 1.165) is 10.9 Å². The van der Waals surface area contributed by atoms with Gasteiger partial charge in [0.2, 0.25) is 0 Å². The molecule has 0 unspecified atom stereocenters. The zero-order valence-electron chi connectivity index (χ0n) is 12.7. The molecule has 0 saturated heterocycles. The highest BCUT2D eigenvalue weighted by atomic mass is 32.1. The number of amides is 1. The van der Waals surface area contributed by atoms with E-state index in [1.54, 1.807) is 20.8 Å². The van der Waals surface area contributed by atoms with Crippen LogP contribution in [0.25, 0.3) is 0 Å². The molecule has 0 saturated carbocycles. The fourth-order valence-corrected chi connectivity index (χ4v) is 1.95. The van der Waals surface area contributed by atoms with Crippen LogP contribution in [0.1, 0.15) is 20.8 Å². The Kier molecular flexibility index (Phi) is 7.10. The Morgan fingerprint density at radius 2 is 1.84 bits per heavy atom. The monoisotopic (exact) mass is 306 g/mol. The third kappa shape index (κ3) is 9.98. The summed E-state index contributed by atoms with van der Waals surface area (Å²) < 4.78 is 10.6. The van der Waals surface area contributed by atoms with Gasteiger partial charge < -0.3 is 9.47 Å². The molecule has 0 atom stereocenters. The number of amidine groups is 1. The van der Waals surface area contributed by atoms with Gasteiger partial charge in [-0.1, -0.05) is 19.6 Å². The molecule has 0 spiro atoms. The number of hydrogen-bond acceptors (Lipinski definition) is 4. The summed E-state index contributed by atoms with van der Waals surface area (Å²) in [5.74, 6) is 0. The van der Waals surface area contributed by atoms with Gasteiger partial charge in [0.1, 0.15) is 12.3 Å². The van der Waals surface area contributed by atoms with E-state index in [-0.39, 0.29) is 11.9 Å². The lowest BCUT2D eigenvalue weighted by atomic mass is 10.2. The fourth-order valence-electron chi connectivity index (χ4n) is 1.05. The Bertz CT molecular complexity index is 324. The van der Waals surface area contributed by atoms with Crippen LogP contribution >= 0.6 is 12.6 Å². The molecule has 5 nitrogen and oxygen atoms in total. The van der Waals surface area contributed by atoms with E-state index in [9.17, 15) is 4.79 Å². The molecule has 0 heterocycles. The Morgan fingerprint density at radius 1 is 1.32 bits per heavy atom. The lowest BCUT2D eigenvalue weighted by Crippen LogP contribution is -2.40. The molecule has 0 aromatic carbocycles. The van der Waals surface area contributed by atoms with Gasteiger partial charge in [0, 0.05) is 14.7 Å². The molecule has 0 bridgehead atoms. The maximum absolute atomic E-state index is 11.8. The summed E-state index contributed by atoms with van der Waals surface area (Å²) in [6.45, 7) is 12.7. The van der Waals surface area contributed by atoms with Crippen molar-refractivity contribution in [2.45, 2.75) is 52.1 Å². The van der Waals surface area contributed by atoms with Crippen molar-refractivity contribution in [1.82, 2.24) is 4.90 Å². The first-order valence-corrected chi connectivity index (χ1v) is 10.4. The highest BCUT2D eigenvalue weighted by molar-refractivity contribution is 7.96. The van der Waals surface area contributed by atoms with Gasteiger partial charge >= 0.3 is 6.09 Å². The van der Waals surface area contributed by atoms with Gasteiger partial charge in [-0.3, -0.25) is 5.41 Å². The van der Waals surface area contributed by atoms with Crippen LogP contribution in [0.15, 0.2) is 0 Å². The number of hydrogen-bond donors (Lipinski definition) is 2. The highest BCUT2D eigenvalue weighted by Crippen LogP contribution is 2.12. The number of carbonyl (C=O) groups is 1. The van der Waals surface area contributed by atoms with Gasteiger partial charge in [0.05, 0.1) is 0 Å². The maximum atomic E-state index is 11.8. The number of thiol groups is 1. The molecule has 0 aromatic rings. The standard InChI is InChI=1S/C12H26N2O3SSi/c1-12(2,3)17-11(15)14(10(13)18)9-16-7-8-19(4,5)6/h7-9H2,1-6H3,(H2,13,18). The second-order valence-corrected chi connectivity index (χ2v) is 12.6. The van der Waals surface area contributed by atoms with Crippen molar-refractivity contribution in [3.05, 3.63) is 0 Å². The number of ether oxygens (including phenoxy) is 2. The van der Waals surface area contributed by atoms with Crippen molar-refractivity contribution in [2.24, 2.45) is 0 Å². The minimum Gasteiger partial charge on any atom is -0.443 e. The summed E-state index contributed by atoms with van der Waals surface area (Å²) in [4.78, 5) is 12.9. The van der Waals surface area contributed by atoms with E-state index in [1.165, 1.54) is 0 Å². The van der Waals surface area contributed by atoms with E-state index in [2.05, 4.69) is 32.3 Å². The summed E-state index contributed by atoms with van der Waals surface area (Å²) in [5, 5.41) is 7.29. The Hall–Kier alpha value is -0.533. The molecule has 0 rings (SSSR count). The first-order chi connectivity index (χ1) is 8.42. The zero-order valence-corrected chi connectivity index (χ0v) is 14.6. The smallest absolute Gasteiger partial charge is 0.418 e. The Balaban J connectivity index is 4.28. The maximum Gasteiger partial charge on any atom is 0.418 e. The van der Waals surface area contributed by atoms with Crippen LogP contribution in [0.5, 0.6) is 0 Å². The van der Waals surface area contributed by atoms with Gasteiger partial charge in [-0.25, -0.2) is 9.69 Å². The van der Waals surface area contributed by atoms with E-state index in [1.807, 2.05) is 0 Å².